The zero-order chi connectivity index (χ0) is 16.5. The number of amides is 1. The van der Waals surface area contributed by atoms with Gasteiger partial charge < -0.3 is 20.5 Å². The van der Waals surface area contributed by atoms with Gasteiger partial charge in [0.25, 0.3) is 0 Å². The predicted octanol–water partition coefficient (Wildman–Crippen LogP) is 2.55. The van der Waals surface area contributed by atoms with E-state index < -0.39 is 6.04 Å². The highest BCUT2D eigenvalue weighted by atomic mass is 35.5. The Labute approximate surface area is 145 Å². The molecular weight excluding hydrogens is 316 g/mol. The lowest BCUT2D eigenvalue weighted by molar-refractivity contribution is -0.122. The number of nitrogens with two attached hydrogens (primary N) is 1. The number of methoxy groups -OCH3 is 2. The SMILES string of the molecule is CCCC(N)C(=O)NCC(C)Cc1ccc(OC)c(OC)c1.Cl. The quantitative estimate of drug-likeness (QED) is 0.722. The number of benzene rings is 1. The second-order valence-corrected chi connectivity index (χ2v) is 5.64. The summed E-state index contributed by atoms with van der Waals surface area (Å²) in [6, 6.07) is 5.48. The van der Waals surface area contributed by atoms with Crippen LogP contribution in [0.15, 0.2) is 18.2 Å². The third kappa shape index (κ3) is 7.10. The van der Waals surface area contributed by atoms with Crippen molar-refractivity contribution in [2.24, 2.45) is 11.7 Å². The predicted molar refractivity (Wildman–Crippen MR) is 95.6 cm³/mol. The number of ether oxygens (including phenoxy) is 2. The van der Waals surface area contributed by atoms with Crippen LogP contribution in [0.4, 0.5) is 0 Å². The Balaban J connectivity index is 0.00000484. The van der Waals surface area contributed by atoms with Gasteiger partial charge in [-0.05, 0) is 36.5 Å². The Morgan fingerprint density at radius 3 is 2.48 bits per heavy atom. The van der Waals surface area contributed by atoms with Gasteiger partial charge in [-0.15, -0.1) is 12.4 Å². The van der Waals surface area contributed by atoms with E-state index in [0.717, 1.165) is 36.3 Å². The van der Waals surface area contributed by atoms with E-state index in [0.29, 0.717) is 12.5 Å². The minimum absolute atomic E-state index is 0. The summed E-state index contributed by atoms with van der Waals surface area (Å²) in [7, 11) is 3.25. The van der Waals surface area contributed by atoms with E-state index in [1.54, 1.807) is 14.2 Å². The van der Waals surface area contributed by atoms with Crippen LogP contribution in [0, 0.1) is 5.92 Å². The molecule has 5 nitrogen and oxygen atoms in total. The van der Waals surface area contributed by atoms with Crippen LogP contribution in [0.1, 0.15) is 32.3 Å². The fraction of sp³-hybridized carbons (Fsp3) is 0.588. The molecule has 0 aliphatic heterocycles. The Hall–Kier alpha value is -1.46. The lowest BCUT2D eigenvalue weighted by atomic mass is 10.0. The van der Waals surface area contributed by atoms with Crippen LogP contribution in [0.3, 0.4) is 0 Å². The van der Waals surface area contributed by atoms with E-state index in [-0.39, 0.29) is 18.3 Å². The summed E-state index contributed by atoms with van der Waals surface area (Å²) >= 11 is 0. The van der Waals surface area contributed by atoms with Gasteiger partial charge in [-0.3, -0.25) is 4.79 Å². The fourth-order valence-electron chi connectivity index (χ4n) is 2.33. The van der Waals surface area contributed by atoms with Crippen molar-refractivity contribution in [3.63, 3.8) is 0 Å². The number of carbonyl (C=O) groups is 1. The Kier molecular flexibility index (Phi) is 10.4. The van der Waals surface area contributed by atoms with Crippen molar-refractivity contribution >= 4 is 18.3 Å². The second-order valence-electron chi connectivity index (χ2n) is 5.64. The number of nitrogens with one attached hydrogen (secondary N) is 1. The average molecular weight is 345 g/mol. The molecule has 23 heavy (non-hydrogen) atoms. The van der Waals surface area contributed by atoms with Crippen LogP contribution in [-0.2, 0) is 11.2 Å². The summed E-state index contributed by atoms with van der Waals surface area (Å²) < 4.78 is 10.5. The first-order chi connectivity index (χ1) is 10.5. The molecular formula is C17H29ClN2O3. The molecule has 0 aliphatic carbocycles. The zero-order valence-electron chi connectivity index (χ0n) is 14.4. The van der Waals surface area contributed by atoms with Crippen molar-refractivity contribution < 1.29 is 14.3 Å². The third-order valence-corrected chi connectivity index (χ3v) is 3.59. The van der Waals surface area contributed by atoms with Crippen molar-refractivity contribution in [2.45, 2.75) is 39.2 Å². The summed E-state index contributed by atoms with van der Waals surface area (Å²) in [4.78, 5) is 11.8. The molecule has 0 fully saturated rings. The molecule has 1 rings (SSSR count). The van der Waals surface area contributed by atoms with E-state index in [4.69, 9.17) is 15.2 Å². The minimum Gasteiger partial charge on any atom is -0.493 e. The lowest BCUT2D eigenvalue weighted by Gasteiger charge is -2.16. The molecule has 1 aromatic carbocycles. The molecule has 0 radical (unpaired) electrons. The molecule has 1 aromatic rings. The van der Waals surface area contributed by atoms with Gasteiger partial charge in [-0.25, -0.2) is 0 Å². The highest BCUT2D eigenvalue weighted by molar-refractivity contribution is 5.85. The van der Waals surface area contributed by atoms with Crippen LogP contribution >= 0.6 is 12.4 Å². The summed E-state index contributed by atoms with van der Waals surface area (Å²) in [6.07, 6.45) is 2.48. The first-order valence-electron chi connectivity index (χ1n) is 7.76. The maximum Gasteiger partial charge on any atom is 0.236 e. The molecule has 0 aromatic heterocycles. The molecule has 6 heteroatoms. The molecule has 132 valence electrons. The number of halogens is 1. The molecule has 0 saturated carbocycles. The van der Waals surface area contributed by atoms with Gasteiger partial charge in [-0.1, -0.05) is 26.3 Å². The van der Waals surface area contributed by atoms with E-state index >= 15 is 0 Å². The van der Waals surface area contributed by atoms with Gasteiger partial charge in [0.2, 0.25) is 5.91 Å². The van der Waals surface area contributed by atoms with Gasteiger partial charge in [-0.2, -0.15) is 0 Å². The van der Waals surface area contributed by atoms with E-state index in [1.807, 2.05) is 25.1 Å². The van der Waals surface area contributed by atoms with Crippen LogP contribution < -0.4 is 20.5 Å². The topological polar surface area (TPSA) is 73.6 Å². The van der Waals surface area contributed by atoms with E-state index in [1.165, 1.54) is 0 Å². The molecule has 1 amide bonds. The maximum absolute atomic E-state index is 11.8. The highest BCUT2D eigenvalue weighted by Crippen LogP contribution is 2.28. The zero-order valence-corrected chi connectivity index (χ0v) is 15.2. The number of hydrogen-bond acceptors (Lipinski definition) is 4. The molecule has 2 atom stereocenters. The van der Waals surface area contributed by atoms with Gasteiger partial charge >= 0.3 is 0 Å². The van der Waals surface area contributed by atoms with Crippen LogP contribution in [0.25, 0.3) is 0 Å². The van der Waals surface area contributed by atoms with Crippen molar-refractivity contribution in [3.8, 4) is 11.5 Å². The first kappa shape index (κ1) is 21.5. The molecule has 2 unspecified atom stereocenters. The van der Waals surface area contributed by atoms with Crippen LogP contribution in [0.5, 0.6) is 11.5 Å². The van der Waals surface area contributed by atoms with Gasteiger partial charge in [0.15, 0.2) is 11.5 Å². The smallest absolute Gasteiger partial charge is 0.236 e. The fourth-order valence-corrected chi connectivity index (χ4v) is 2.33. The summed E-state index contributed by atoms with van der Waals surface area (Å²) in [6.45, 7) is 4.74. The lowest BCUT2D eigenvalue weighted by Crippen LogP contribution is -2.42. The van der Waals surface area contributed by atoms with Crippen molar-refractivity contribution in [3.05, 3.63) is 23.8 Å². The first-order valence-corrected chi connectivity index (χ1v) is 7.76. The number of carbonyl (C=O) groups excluding carboxylic acids is 1. The van der Waals surface area contributed by atoms with Crippen molar-refractivity contribution in [1.82, 2.24) is 5.32 Å². The van der Waals surface area contributed by atoms with Gasteiger partial charge in [0.1, 0.15) is 0 Å². The van der Waals surface area contributed by atoms with Crippen LogP contribution in [0.2, 0.25) is 0 Å². The van der Waals surface area contributed by atoms with Gasteiger partial charge in [0.05, 0.1) is 20.3 Å². The summed E-state index contributed by atoms with van der Waals surface area (Å²) in [5, 5.41) is 2.92. The minimum atomic E-state index is -0.404. The monoisotopic (exact) mass is 344 g/mol. The largest absolute Gasteiger partial charge is 0.493 e. The highest BCUT2D eigenvalue weighted by Gasteiger charge is 2.14. The average Bonchev–Trinajstić information content (AvgIpc) is 2.52. The molecule has 0 bridgehead atoms. The Morgan fingerprint density at radius 1 is 1.26 bits per heavy atom. The van der Waals surface area contributed by atoms with E-state index in [9.17, 15) is 4.79 Å². The number of rotatable bonds is 9. The maximum atomic E-state index is 11.8. The molecule has 0 saturated heterocycles. The number of hydrogen-bond donors (Lipinski definition) is 2. The molecule has 0 aliphatic rings. The van der Waals surface area contributed by atoms with Crippen LogP contribution in [-0.4, -0.2) is 32.7 Å². The normalized spacial score (nSPS) is 12.7. The molecule has 0 spiro atoms. The van der Waals surface area contributed by atoms with Gasteiger partial charge in [0, 0.05) is 6.54 Å². The third-order valence-electron chi connectivity index (χ3n) is 3.59. The second kappa shape index (κ2) is 11.1. The summed E-state index contributed by atoms with van der Waals surface area (Å²) in [5.74, 6) is 1.69. The summed E-state index contributed by atoms with van der Waals surface area (Å²) in [5.41, 5.74) is 6.94. The van der Waals surface area contributed by atoms with E-state index in [2.05, 4.69) is 12.2 Å². The van der Waals surface area contributed by atoms with Crippen molar-refractivity contribution in [1.29, 1.82) is 0 Å². The Bertz CT molecular complexity index is 483. The molecule has 0 heterocycles. The Morgan fingerprint density at radius 2 is 1.91 bits per heavy atom. The van der Waals surface area contributed by atoms with Crippen molar-refractivity contribution in [2.75, 3.05) is 20.8 Å². The standard InChI is InChI=1S/C17H28N2O3.ClH/c1-5-6-14(18)17(20)19-11-12(2)9-13-7-8-15(21-3)16(10-13)22-4;/h7-8,10,12,14H,5-6,9,11,18H2,1-4H3,(H,19,20);1H. The molecule has 3 N–H and O–H groups in total.